The Labute approximate surface area is 146 Å². The second-order valence-corrected chi connectivity index (χ2v) is 5.78. The Morgan fingerprint density at radius 1 is 0.680 bits per heavy atom. The zero-order valence-corrected chi connectivity index (χ0v) is 13.7. The Hall–Kier alpha value is -3.33. The van der Waals surface area contributed by atoms with Crippen molar-refractivity contribution in [3.63, 3.8) is 0 Å². The molecule has 0 aliphatic carbocycles. The zero-order valence-electron chi connectivity index (χ0n) is 13.7. The van der Waals surface area contributed by atoms with E-state index in [0.717, 1.165) is 33.8 Å². The first-order valence-corrected chi connectivity index (χ1v) is 8.28. The number of hydrogen-bond acceptors (Lipinski definition) is 2. The molecule has 0 spiro atoms. The fraction of sp³-hybridized carbons (Fsp3) is 0.0455. The van der Waals surface area contributed by atoms with E-state index in [1.54, 1.807) is 0 Å². The summed E-state index contributed by atoms with van der Waals surface area (Å²) in [6, 6.07) is 30.4. The predicted octanol–water partition coefficient (Wildman–Crippen LogP) is 5.32. The lowest BCUT2D eigenvalue weighted by atomic mass is 10.1. The van der Waals surface area contributed by atoms with Crippen LogP contribution in [0.25, 0.3) is 22.5 Å². The van der Waals surface area contributed by atoms with Crippen molar-refractivity contribution in [2.45, 2.75) is 6.61 Å². The number of hydrogen-bond donors (Lipinski definition) is 1. The maximum Gasteiger partial charge on any atom is 0.173 e. The van der Waals surface area contributed by atoms with Gasteiger partial charge < -0.3 is 4.74 Å². The van der Waals surface area contributed by atoms with Crippen LogP contribution in [0.5, 0.6) is 5.75 Å². The van der Waals surface area contributed by atoms with Crippen molar-refractivity contribution >= 4 is 0 Å². The van der Waals surface area contributed by atoms with E-state index in [9.17, 15) is 0 Å². The van der Waals surface area contributed by atoms with E-state index in [2.05, 4.69) is 34.5 Å². The van der Waals surface area contributed by atoms with Gasteiger partial charge in [0.15, 0.2) is 5.75 Å². The van der Waals surface area contributed by atoms with Crippen molar-refractivity contribution in [2.24, 2.45) is 0 Å². The third kappa shape index (κ3) is 3.31. The third-order valence-corrected chi connectivity index (χ3v) is 4.06. The summed E-state index contributed by atoms with van der Waals surface area (Å²) in [7, 11) is 0. The Kier molecular flexibility index (Phi) is 4.29. The summed E-state index contributed by atoms with van der Waals surface area (Å²) < 4.78 is 6.21. The van der Waals surface area contributed by atoms with E-state index in [0.29, 0.717) is 6.61 Å². The van der Waals surface area contributed by atoms with Crippen LogP contribution in [0.3, 0.4) is 0 Å². The molecule has 3 heteroatoms. The van der Waals surface area contributed by atoms with Gasteiger partial charge in [-0.05, 0) is 5.56 Å². The van der Waals surface area contributed by atoms with Crippen LogP contribution in [0.1, 0.15) is 5.56 Å². The van der Waals surface area contributed by atoms with Gasteiger partial charge in [-0.15, -0.1) is 0 Å². The van der Waals surface area contributed by atoms with Crippen LogP contribution < -0.4 is 4.74 Å². The molecule has 3 nitrogen and oxygen atoms in total. The molecule has 0 bridgehead atoms. The second kappa shape index (κ2) is 7.05. The Bertz CT molecular complexity index is 875. The first kappa shape index (κ1) is 15.2. The topological polar surface area (TPSA) is 37.9 Å². The summed E-state index contributed by atoms with van der Waals surface area (Å²) in [5.41, 5.74) is 4.94. The molecule has 0 amide bonds. The first-order chi connectivity index (χ1) is 12.4. The van der Waals surface area contributed by atoms with Crippen molar-refractivity contribution in [3.05, 3.63) is 96.6 Å². The molecule has 0 saturated carbocycles. The Morgan fingerprint density at radius 2 is 1.24 bits per heavy atom. The maximum absolute atomic E-state index is 6.21. The molecule has 0 aliphatic rings. The molecule has 122 valence electrons. The molecule has 4 aromatic rings. The largest absolute Gasteiger partial charge is 0.484 e. The predicted molar refractivity (Wildman–Crippen MR) is 100 cm³/mol. The highest BCUT2D eigenvalue weighted by molar-refractivity contribution is 5.77. The summed E-state index contributed by atoms with van der Waals surface area (Å²) in [4.78, 5) is 0. The number of aromatic amines is 1. The maximum atomic E-state index is 6.21. The highest BCUT2D eigenvalue weighted by atomic mass is 16.5. The smallest absolute Gasteiger partial charge is 0.173 e. The van der Waals surface area contributed by atoms with Gasteiger partial charge in [-0.25, -0.2) is 0 Å². The molecular weight excluding hydrogens is 308 g/mol. The lowest BCUT2D eigenvalue weighted by molar-refractivity contribution is 0.309. The van der Waals surface area contributed by atoms with Gasteiger partial charge in [0.2, 0.25) is 0 Å². The normalized spacial score (nSPS) is 10.6. The van der Waals surface area contributed by atoms with E-state index in [4.69, 9.17) is 4.74 Å². The number of rotatable bonds is 5. The molecule has 0 unspecified atom stereocenters. The van der Waals surface area contributed by atoms with E-state index in [1.807, 2.05) is 66.7 Å². The number of ether oxygens (including phenoxy) is 1. The summed E-state index contributed by atoms with van der Waals surface area (Å²) in [6.07, 6.45) is 0. The molecule has 0 saturated heterocycles. The Balaban J connectivity index is 1.74. The molecule has 1 aromatic heterocycles. The lowest BCUT2D eigenvalue weighted by Gasteiger charge is -2.09. The van der Waals surface area contributed by atoms with Gasteiger partial charge in [-0.2, -0.15) is 5.10 Å². The van der Waals surface area contributed by atoms with Gasteiger partial charge in [-0.3, -0.25) is 5.10 Å². The third-order valence-electron chi connectivity index (χ3n) is 4.06. The molecule has 0 aliphatic heterocycles. The molecule has 4 rings (SSSR count). The van der Waals surface area contributed by atoms with Gasteiger partial charge in [0.05, 0.1) is 0 Å². The standard InChI is InChI=1S/C22H18N2O/c1-4-10-17(11-5-1)16-25-22-20(18-12-6-2-7-13-18)23-24-21(22)19-14-8-3-9-15-19/h1-15H,16H2,(H,23,24). The van der Waals surface area contributed by atoms with Crippen molar-refractivity contribution in [2.75, 3.05) is 0 Å². The quantitative estimate of drug-likeness (QED) is 0.539. The van der Waals surface area contributed by atoms with Gasteiger partial charge in [0.25, 0.3) is 0 Å². The van der Waals surface area contributed by atoms with Crippen molar-refractivity contribution in [1.29, 1.82) is 0 Å². The van der Waals surface area contributed by atoms with E-state index in [-0.39, 0.29) is 0 Å². The molecule has 25 heavy (non-hydrogen) atoms. The fourth-order valence-electron chi connectivity index (χ4n) is 2.79. The number of H-pyrrole nitrogens is 1. The van der Waals surface area contributed by atoms with Crippen molar-refractivity contribution in [3.8, 4) is 28.3 Å². The van der Waals surface area contributed by atoms with Crippen LogP contribution in [-0.4, -0.2) is 10.2 Å². The molecule has 1 heterocycles. The number of benzene rings is 3. The minimum Gasteiger partial charge on any atom is -0.484 e. The van der Waals surface area contributed by atoms with Gasteiger partial charge in [0.1, 0.15) is 18.0 Å². The summed E-state index contributed by atoms with van der Waals surface area (Å²) in [6.45, 7) is 0.500. The average molecular weight is 326 g/mol. The minimum atomic E-state index is 0.500. The zero-order chi connectivity index (χ0) is 16.9. The van der Waals surface area contributed by atoms with Gasteiger partial charge >= 0.3 is 0 Å². The highest BCUT2D eigenvalue weighted by Gasteiger charge is 2.17. The van der Waals surface area contributed by atoms with Crippen LogP contribution in [0.4, 0.5) is 0 Å². The minimum absolute atomic E-state index is 0.500. The van der Waals surface area contributed by atoms with E-state index < -0.39 is 0 Å². The van der Waals surface area contributed by atoms with Gasteiger partial charge in [-0.1, -0.05) is 91.0 Å². The summed E-state index contributed by atoms with van der Waals surface area (Å²) in [5, 5.41) is 7.68. The first-order valence-electron chi connectivity index (χ1n) is 8.28. The van der Waals surface area contributed by atoms with Crippen LogP contribution in [0.15, 0.2) is 91.0 Å². The van der Waals surface area contributed by atoms with Crippen LogP contribution in [0, 0.1) is 0 Å². The average Bonchev–Trinajstić information content (AvgIpc) is 3.12. The molecule has 3 aromatic carbocycles. The number of nitrogens with one attached hydrogen (secondary N) is 1. The van der Waals surface area contributed by atoms with Crippen molar-refractivity contribution < 1.29 is 4.74 Å². The van der Waals surface area contributed by atoms with Crippen LogP contribution in [-0.2, 0) is 6.61 Å². The van der Waals surface area contributed by atoms with E-state index >= 15 is 0 Å². The van der Waals surface area contributed by atoms with E-state index in [1.165, 1.54) is 0 Å². The van der Waals surface area contributed by atoms with Crippen LogP contribution in [0.2, 0.25) is 0 Å². The molecule has 0 radical (unpaired) electrons. The molecule has 1 N–H and O–H groups in total. The summed E-state index contributed by atoms with van der Waals surface area (Å²) >= 11 is 0. The number of aromatic nitrogens is 2. The molecule has 0 fully saturated rings. The second-order valence-electron chi connectivity index (χ2n) is 5.78. The fourth-order valence-corrected chi connectivity index (χ4v) is 2.79. The lowest BCUT2D eigenvalue weighted by Crippen LogP contribution is -1.97. The SMILES string of the molecule is c1ccc(COc2c(-c3ccccc3)n[nH]c2-c2ccccc2)cc1. The van der Waals surface area contributed by atoms with Crippen molar-refractivity contribution in [1.82, 2.24) is 10.2 Å². The monoisotopic (exact) mass is 326 g/mol. The highest BCUT2D eigenvalue weighted by Crippen LogP contribution is 2.37. The Morgan fingerprint density at radius 3 is 1.88 bits per heavy atom. The molecule has 0 atom stereocenters. The molecular formula is C22H18N2O. The number of nitrogens with zero attached hydrogens (tertiary/aromatic N) is 1. The van der Waals surface area contributed by atoms with Gasteiger partial charge in [0, 0.05) is 11.1 Å². The van der Waals surface area contributed by atoms with Crippen LogP contribution >= 0.6 is 0 Å². The summed E-state index contributed by atoms with van der Waals surface area (Å²) in [5.74, 6) is 0.779.